The Balaban J connectivity index is 1.19. The number of hydrogen-bond acceptors (Lipinski definition) is 9. The molecule has 2 atom stereocenters. The number of benzene rings is 3. The van der Waals surface area contributed by atoms with Gasteiger partial charge in [-0.05, 0) is 54.6 Å². The molecular weight excluding hydrogens is 560 g/mol. The van der Waals surface area contributed by atoms with Gasteiger partial charge < -0.3 is 29.7 Å². The van der Waals surface area contributed by atoms with Gasteiger partial charge in [0.2, 0.25) is 11.9 Å². The van der Waals surface area contributed by atoms with E-state index in [0.717, 1.165) is 16.8 Å². The molecule has 44 heavy (non-hydrogen) atoms. The van der Waals surface area contributed by atoms with E-state index in [-0.39, 0.29) is 31.0 Å². The van der Waals surface area contributed by atoms with Crippen LogP contribution in [0.4, 0.5) is 11.6 Å². The molecule has 11 heteroatoms. The topological polar surface area (TPSA) is 118 Å². The van der Waals surface area contributed by atoms with E-state index in [1.807, 2.05) is 84.7 Å². The average Bonchev–Trinajstić information content (AvgIpc) is 3.42. The lowest BCUT2D eigenvalue weighted by atomic mass is 10.1. The third-order valence-corrected chi connectivity index (χ3v) is 7.51. The summed E-state index contributed by atoms with van der Waals surface area (Å²) in [6.07, 6.45) is 2.60. The molecule has 2 amide bonds. The van der Waals surface area contributed by atoms with Crippen molar-refractivity contribution in [2.45, 2.75) is 25.3 Å². The number of anilines is 2. The normalized spacial score (nSPS) is 19.0. The molecule has 0 saturated carbocycles. The number of nitrogens with one attached hydrogen (secondary N) is 2. The zero-order chi connectivity index (χ0) is 30.5. The summed E-state index contributed by atoms with van der Waals surface area (Å²) < 4.78 is 18.1. The molecule has 0 spiro atoms. The first kappa shape index (κ1) is 29.1. The van der Waals surface area contributed by atoms with Gasteiger partial charge in [-0.1, -0.05) is 36.4 Å². The Kier molecular flexibility index (Phi) is 8.67. The predicted octanol–water partition coefficient (Wildman–Crippen LogP) is 3.99. The van der Waals surface area contributed by atoms with Crippen molar-refractivity contribution >= 4 is 23.5 Å². The minimum atomic E-state index is -0.418. The second-order valence-electron chi connectivity index (χ2n) is 10.9. The van der Waals surface area contributed by atoms with Crippen LogP contribution in [0.15, 0.2) is 85.2 Å². The van der Waals surface area contributed by atoms with Crippen LogP contribution >= 0.6 is 0 Å². The molecule has 1 fully saturated rings. The highest BCUT2D eigenvalue weighted by atomic mass is 16.5. The third-order valence-electron chi connectivity index (χ3n) is 7.51. The minimum absolute atomic E-state index is 0.154. The van der Waals surface area contributed by atoms with Crippen LogP contribution in [0.1, 0.15) is 21.5 Å². The number of nitrogens with zero attached hydrogens (tertiary/aromatic N) is 4. The fraction of sp³-hybridized carbons (Fsp3) is 0.273. The largest absolute Gasteiger partial charge is 0.493 e. The van der Waals surface area contributed by atoms with Crippen molar-refractivity contribution in [3.05, 3.63) is 102 Å². The molecule has 3 heterocycles. The van der Waals surface area contributed by atoms with E-state index in [1.54, 1.807) is 12.0 Å². The van der Waals surface area contributed by atoms with Crippen LogP contribution in [0.3, 0.4) is 0 Å². The number of carbonyl (C=O) groups is 2. The van der Waals surface area contributed by atoms with Crippen LogP contribution in [0.25, 0.3) is 0 Å². The van der Waals surface area contributed by atoms with Crippen molar-refractivity contribution < 1.29 is 23.8 Å². The Bertz CT molecular complexity index is 1620. The van der Waals surface area contributed by atoms with Gasteiger partial charge in [-0.15, -0.1) is 0 Å². The third kappa shape index (κ3) is 6.96. The maximum atomic E-state index is 13.5. The highest BCUT2D eigenvalue weighted by Crippen LogP contribution is 2.33. The molecule has 2 aliphatic rings. The Morgan fingerprint density at radius 1 is 0.977 bits per heavy atom. The van der Waals surface area contributed by atoms with Gasteiger partial charge in [0.05, 0.1) is 38.0 Å². The lowest BCUT2D eigenvalue weighted by Gasteiger charge is -2.23. The van der Waals surface area contributed by atoms with Gasteiger partial charge in [-0.3, -0.25) is 14.5 Å². The number of methoxy groups -OCH3 is 1. The highest BCUT2D eigenvalue weighted by molar-refractivity contribution is 5.94. The van der Waals surface area contributed by atoms with E-state index >= 15 is 0 Å². The molecule has 2 N–H and O–H groups in total. The molecule has 11 nitrogen and oxygen atoms in total. The molecular formula is C33H34N6O5. The number of hydrogen-bond donors (Lipinski definition) is 2. The SMILES string of the molecule is COc1ccc2cc1Oc1cccc(c1)CO[C@H]1CN(C(=O)c3cnc(Nc4ccccc4)nc3)C[C@@H]1NC(=O)CN(C)C2. The van der Waals surface area contributed by atoms with Crippen molar-refractivity contribution in [2.75, 3.05) is 39.1 Å². The predicted molar refractivity (Wildman–Crippen MR) is 164 cm³/mol. The summed E-state index contributed by atoms with van der Waals surface area (Å²) in [5.74, 6) is 1.87. The zero-order valence-electron chi connectivity index (χ0n) is 24.6. The first-order valence-corrected chi connectivity index (χ1v) is 14.4. The number of para-hydroxylation sites is 1. The molecule has 0 radical (unpaired) electrons. The molecule has 0 aliphatic carbocycles. The van der Waals surface area contributed by atoms with Crippen molar-refractivity contribution in [2.24, 2.45) is 0 Å². The molecule has 3 aromatic carbocycles. The Hall–Kier alpha value is -5.00. The Labute approximate surface area is 255 Å². The number of aromatic nitrogens is 2. The van der Waals surface area contributed by atoms with Crippen molar-refractivity contribution in [3.63, 3.8) is 0 Å². The van der Waals surface area contributed by atoms with Crippen molar-refractivity contribution in [1.82, 2.24) is 25.1 Å². The number of likely N-dealkylation sites (tertiary alicyclic amines) is 1. The van der Waals surface area contributed by atoms with Crippen LogP contribution < -0.4 is 20.1 Å². The maximum Gasteiger partial charge on any atom is 0.257 e. The summed E-state index contributed by atoms with van der Waals surface area (Å²) in [6, 6.07) is 22.6. The quantitative estimate of drug-likeness (QED) is 0.362. The fourth-order valence-corrected chi connectivity index (χ4v) is 5.38. The number of likely N-dealkylation sites (N-methyl/N-ethyl adjacent to an activating group) is 1. The van der Waals surface area contributed by atoms with Crippen LogP contribution in [0, 0.1) is 0 Å². The number of amides is 2. The number of ether oxygens (including phenoxy) is 3. The van der Waals surface area contributed by atoms with Gasteiger partial charge in [0.25, 0.3) is 5.91 Å². The van der Waals surface area contributed by atoms with Crippen LogP contribution in [0.2, 0.25) is 0 Å². The van der Waals surface area contributed by atoms with E-state index < -0.39 is 6.10 Å². The average molecular weight is 595 g/mol. The zero-order valence-corrected chi connectivity index (χ0v) is 24.6. The fourth-order valence-electron chi connectivity index (χ4n) is 5.38. The first-order chi connectivity index (χ1) is 21.4. The van der Waals surface area contributed by atoms with Crippen molar-refractivity contribution in [1.29, 1.82) is 0 Å². The van der Waals surface area contributed by atoms with Gasteiger partial charge in [0, 0.05) is 37.7 Å². The molecule has 4 aromatic rings. The minimum Gasteiger partial charge on any atom is -0.493 e. The second kappa shape index (κ2) is 13.1. The molecule has 2 aliphatic heterocycles. The summed E-state index contributed by atoms with van der Waals surface area (Å²) in [6.45, 7) is 1.58. The Morgan fingerprint density at radius 2 is 1.80 bits per heavy atom. The van der Waals surface area contributed by atoms with E-state index in [0.29, 0.717) is 48.4 Å². The van der Waals surface area contributed by atoms with Crippen LogP contribution in [-0.4, -0.2) is 77.5 Å². The lowest BCUT2D eigenvalue weighted by Crippen LogP contribution is -2.47. The van der Waals surface area contributed by atoms with E-state index in [9.17, 15) is 9.59 Å². The van der Waals surface area contributed by atoms with E-state index in [1.165, 1.54) is 12.4 Å². The molecule has 6 rings (SSSR count). The standard InChI is InChI=1S/C33H34N6O5/c1-38-17-22-11-12-28(42-2)29(14-22)44-26-10-6-7-23(13-26)21-43-30-19-39(18-27(30)37-31(40)20-38)32(41)24-15-34-33(35-16-24)36-25-8-4-3-5-9-25/h3-16,27,30H,17-21H2,1-2H3,(H,37,40)(H,34,35,36)/t27-,30-/m0/s1. The molecule has 0 unspecified atom stereocenters. The van der Waals surface area contributed by atoms with Gasteiger partial charge in [-0.25, -0.2) is 9.97 Å². The van der Waals surface area contributed by atoms with Crippen LogP contribution in [-0.2, 0) is 22.7 Å². The monoisotopic (exact) mass is 594 g/mol. The molecule has 4 bridgehead atoms. The number of carbonyl (C=O) groups excluding carboxylic acids is 2. The molecule has 1 saturated heterocycles. The smallest absolute Gasteiger partial charge is 0.257 e. The van der Waals surface area contributed by atoms with E-state index in [2.05, 4.69) is 20.6 Å². The van der Waals surface area contributed by atoms with Gasteiger partial charge in [0.1, 0.15) is 5.75 Å². The number of fused-ring (bicyclic) bond motifs is 5. The summed E-state index contributed by atoms with van der Waals surface area (Å²) >= 11 is 0. The molecule has 226 valence electrons. The maximum absolute atomic E-state index is 13.5. The van der Waals surface area contributed by atoms with Crippen LogP contribution in [0.5, 0.6) is 17.2 Å². The van der Waals surface area contributed by atoms with Gasteiger partial charge in [-0.2, -0.15) is 0 Å². The van der Waals surface area contributed by atoms with Gasteiger partial charge >= 0.3 is 0 Å². The van der Waals surface area contributed by atoms with E-state index in [4.69, 9.17) is 14.2 Å². The summed E-state index contributed by atoms with van der Waals surface area (Å²) in [7, 11) is 3.48. The summed E-state index contributed by atoms with van der Waals surface area (Å²) in [5, 5.41) is 6.23. The molecule has 1 aromatic heterocycles. The number of rotatable bonds is 4. The van der Waals surface area contributed by atoms with Crippen molar-refractivity contribution in [3.8, 4) is 17.2 Å². The lowest BCUT2D eigenvalue weighted by molar-refractivity contribution is -0.123. The van der Waals surface area contributed by atoms with Gasteiger partial charge in [0.15, 0.2) is 11.5 Å². The highest BCUT2D eigenvalue weighted by Gasteiger charge is 2.37. The summed E-state index contributed by atoms with van der Waals surface area (Å²) in [5.41, 5.74) is 3.08. The Morgan fingerprint density at radius 3 is 2.59 bits per heavy atom. The summed E-state index contributed by atoms with van der Waals surface area (Å²) in [4.78, 5) is 38.9. The first-order valence-electron chi connectivity index (χ1n) is 14.4. The second-order valence-corrected chi connectivity index (χ2v) is 10.9.